The first-order valence-electron chi connectivity index (χ1n) is 5.93. The van der Waals surface area contributed by atoms with Crippen molar-refractivity contribution in [1.82, 2.24) is 0 Å². The van der Waals surface area contributed by atoms with Crippen molar-refractivity contribution in [3.05, 3.63) is 35.4 Å². The van der Waals surface area contributed by atoms with Crippen LogP contribution in [0.4, 0.5) is 0 Å². The maximum atomic E-state index is 10.8. The normalized spacial score (nSPS) is 40.2. The van der Waals surface area contributed by atoms with Crippen LogP contribution in [0.25, 0.3) is 0 Å². The molecular weight excluding hydrogens is 196 g/mol. The van der Waals surface area contributed by atoms with Crippen molar-refractivity contribution >= 4 is 0 Å². The minimum atomic E-state index is -1.06. The molecule has 0 spiro atoms. The first kappa shape index (κ1) is 9.93. The zero-order valence-electron chi connectivity index (χ0n) is 9.53. The van der Waals surface area contributed by atoms with E-state index in [0.717, 1.165) is 18.4 Å². The van der Waals surface area contributed by atoms with Gasteiger partial charge >= 0.3 is 0 Å². The van der Waals surface area contributed by atoms with Crippen LogP contribution in [-0.4, -0.2) is 5.11 Å². The van der Waals surface area contributed by atoms with Gasteiger partial charge in [0.2, 0.25) is 0 Å². The first-order valence-corrected chi connectivity index (χ1v) is 5.93. The third-order valence-corrected chi connectivity index (χ3v) is 4.72. The van der Waals surface area contributed by atoms with Gasteiger partial charge in [0.05, 0.1) is 0 Å². The van der Waals surface area contributed by atoms with Crippen LogP contribution < -0.4 is 0 Å². The summed E-state index contributed by atoms with van der Waals surface area (Å²) in [4.78, 5) is 0. The molecule has 82 valence electrons. The fraction of sp³-hybridized carbons (Fsp3) is 0.467. The Bertz CT molecular complexity index is 484. The summed E-state index contributed by atoms with van der Waals surface area (Å²) < 4.78 is 0. The molecule has 16 heavy (non-hydrogen) atoms. The van der Waals surface area contributed by atoms with Gasteiger partial charge in [0.1, 0.15) is 0 Å². The van der Waals surface area contributed by atoms with E-state index in [1.54, 1.807) is 0 Å². The summed E-state index contributed by atoms with van der Waals surface area (Å²) >= 11 is 0. The first-order chi connectivity index (χ1) is 7.63. The number of rotatable bonds is 0. The summed E-state index contributed by atoms with van der Waals surface area (Å²) in [6.45, 7) is 2.14. The van der Waals surface area contributed by atoms with Gasteiger partial charge in [-0.2, -0.15) is 0 Å². The van der Waals surface area contributed by atoms with Gasteiger partial charge < -0.3 is 5.11 Å². The zero-order valence-corrected chi connectivity index (χ0v) is 9.53. The van der Waals surface area contributed by atoms with Gasteiger partial charge in [-0.05, 0) is 29.9 Å². The van der Waals surface area contributed by atoms with Crippen molar-refractivity contribution in [2.24, 2.45) is 5.41 Å². The van der Waals surface area contributed by atoms with E-state index < -0.39 is 5.60 Å². The maximum absolute atomic E-state index is 10.8. The summed E-state index contributed by atoms with van der Waals surface area (Å²) in [5.41, 5.74) is 1.00. The van der Waals surface area contributed by atoms with Crippen LogP contribution in [0.2, 0.25) is 0 Å². The molecule has 3 atom stereocenters. The molecule has 2 aliphatic rings. The second-order valence-electron chi connectivity index (χ2n) is 5.30. The predicted molar refractivity (Wildman–Crippen MR) is 63.9 cm³/mol. The highest BCUT2D eigenvalue weighted by Crippen LogP contribution is 2.64. The summed E-state index contributed by atoms with van der Waals surface area (Å²) in [6, 6.07) is 8.11. The van der Waals surface area contributed by atoms with E-state index >= 15 is 0 Å². The van der Waals surface area contributed by atoms with Gasteiger partial charge in [-0.3, -0.25) is 0 Å². The van der Waals surface area contributed by atoms with Crippen LogP contribution in [0.15, 0.2) is 24.3 Å². The topological polar surface area (TPSA) is 20.2 Å². The Kier molecular flexibility index (Phi) is 1.80. The largest absolute Gasteiger partial charge is 0.373 e. The molecule has 0 amide bonds. The molecule has 1 heteroatoms. The van der Waals surface area contributed by atoms with Crippen LogP contribution in [0.1, 0.15) is 43.2 Å². The van der Waals surface area contributed by atoms with Crippen molar-refractivity contribution in [2.45, 2.75) is 37.7 Å². The fourth-order valence-electron chi connectivity index (χ4n) is 3.78. The summed E-state index contributed by atoms with van der Waals surface area (Å²) in [7, 11) is 0. The molecule has 1 N–H and O–H groups in total. The van der Waals surface area contributed by atoms with E-state index in [2.05, 4.69) is 18.9 Å². The Morgan fingerprint density at radius 3 is 2.94 bits per heavy atom. The summed E-state index contributed by atoms with van der Waals surface area (Å²) in [5.74, 6) is 3.10. The van der Waals surface area contributed by atoms with E-state index in [-0.39, 0.29) is 5.41 Å². The van der Waals surface area contributed by atoms with Crippen molar-refractivity contribution in [3.8, 4) is 12.3 Å². The highest BCUT2D eigenvalue weighted by Gasteiger charge is 2.60. The van der Waals surface area contributed by atoms with Crippen molar-refractivity contribution < 1.29 is 5.11 Å². The van der Waals surface area contributed by atoms with Gasteiger partial charge in [0, 0.05) is 5.41 Å². The van der Waals surface area contributed by atoms with Gasteiger partial charge in [-0.25, -0.2) is 0 Å². The highest BCUT2D eigenvalue weighted by atomic mass is 16.3. The highest BCUT2D eigenvalue weighted by molar-refractivity contribution is 5.50. The predicted octanol–water partition coefficient (Wildman–Crippen LogP) is 2.79. The number of benzene rings is 1. The molecule has 1 nitrogen and oxygen atoms in total. The van der Waals surface area contributed by atoms with Crippen molar-refractivity contribution in [2.75, 3.05) is 0 Å². The molecule has 2 aliphatic carbocycles. The molecule has 1 saturated carbocycles. The van der Waals surface area contributed by atoms with Crippen LogP contribution in [0.5, 0.6) is 0 Å². The standard InChI is InChI=1S/C15H16O/c1-3-15(16)13-8-5-4-7-11(13)12-9-6-10-14(12,15)2/h1,4-5,7-8,12,16H,6,9-10H2,2H3/t12-,14+,15-/m0/s1. The quantitative estimate of drug-likeness (QED) is 0.656. The lowest BCUT2D eigenvalue weighted by molar-refractivity contribution is -0.0206. The van der Waals surface area contributed by atoms with E-state index in [4.69, 9.17) is 6.42 Å². The van der Waals surface area contributed by atoms with Gasteiger partial charge in [0.15, 0.2) is 5.60 Å². The van der Waals surface area contributed by atoms with E-state index in [9.17, 15) is 5.11 Å². The molecule has 0 unspecified atom stereocenters. The SMILES string of the molecule is C#C[C@]1(O)c2ccccc2[C@@H]2CCC[C@]21C. The van der Waals surface area contributed by atoms with Crippen LogP contribution in [0.3, 0.4) is 0 Å². The smallest absolute Gasteiger partial charge is 0.156 e. The Hall–Kier alpha value is -1.26. The van der Waals surface area contributed by atoms with Crippen LogP contribution in [-0.2, 0) is 5.60 Å². The summed E-state index contributed by atoms with van der Waals surface area (Å²) in [6.07, 6.45) is 8.96. The molecule has 0 saturated heterocycles. The van der Waals surface area contributed by atoms with Gasteiger partial charge in [-0.1, -0.05) is 43.5 Å². The number of terminal acetylenes is 1. The number of hydrogen-bond donors (Lipinski definition) is 1. The third-order valence-electron chi connectivity index (χ3n) is 4.72. The lowest BCUT2D eigenvalue weighted by Crippen LogP contribution is -2.38. The van der Waals surface area contributed by atoms with Gasteiger partial charge in [0.25, 0.3) is 0 Å². The van der Waals surface area contributed by atoms with E-state index in [1.165, 1.54) is 12.0 Å². The maximum Gasteiger partial charge on any atom is 0.156 e. The Morgan fingerprint density at radius 1 is 1.44 bits per heavy atom. The summed E-state index contributed by atoms with van der Waals surface area (Å²) in [5, 5.41) is 10.8. The van der Waals surface area contributed by atoms with E-state index in [0.29, 0.717) is 5.92 Å². The molecule has 0 radical (unpaired) electrons. The Labute approximate surface area is 96.5 Å². The molecule has 1 fully saturated rings. The molecule has 0 bridgehead atoms. The van der Waals surface area contributed by atoms with Crippen LogP contribution >= 0.6 is 0 Å². The number of hydrogen-bond acceptors (Lipinski definition) is 1. The minimum absolute atomic E-state index is 0.161. The van der Waals surface area contributed by atoms with Crippen molar-refractivity contribution in [1.29, 1.82) is 0 Å². The molecule has 3 rings (SSSR count). The second-order valence-corrected chi connectivity index (χ2v) is 5.30. The fourth-order valence-corrected chi connectivity index (χ4v) is 3.78. The van der Waals surface area contributed by atoms with E-state index in [1.807, 2.05) is 18.2 Å². The number of aliphatic hydroxyl groups is 1. The molecule has 0 heterocycles. The zero-order chi connectivity index (χ0) is 11.4. The third kappa shape index (κ3) is 0.877. The average molecular weight is 212 g/mol. The van der Waals surface area contributed by atoms with Crippen LogP contribution in [0, 0.1) is 17.8 Å². The lowest BCUT2D eigenvalue weighted by atomic mass is 9.71. The molecule has 0 aromatic heterocycles. The molecule has 1 aromatic rings. The Morgan fingerprint density at radius 2 is 2.19 bits per heavy atom. The van der Waals surface area contributed by atoms with Gasteiger partial charge in [-0.15, -0.1) is 6.42 Å². The monoisotopic (exact) mass is 212 g/mol. The number of fused-ring (bicyclic) bond motifs is 3. The van der Waals surface area contributed by atoms with Crippen molar-refractivity contribution in [3.63, 3.8) is 0 Å². The minimum Gasteiger partial charge on any atom is -0.373 e. The second kappa shape index (κ2) is 2.90. The molecular formula is C15H16O. The molecule has 1 aromatic carbocycles. The average Bonchev–Trinajstić information content (AvgIpc) is 2.78. The lowest BCUT2D eigenvalue weighted by Gasteiger charge is -2.36. The Balaban J connectivity index is 2.30. The molecule has 0 aliphatic heterocycles.